The third kappa shape index (κ3) is 5.57. The zero-order valence-corrected chi connectivity index (χ0v) is 16.4. The van der Waals surface area contributed by atoms with E-state index in [-0.39, 0.29) is 12.1 Å². The fourth-order valence-electron chi connectivity index (χ4n) is 3.38. The Kier molecular flexibility index (Phi) is 6.88. The van der Waals surface area contributed by atoms with Gasteiger partial charge in [-0.15, -0.1) is 0 Å². The highest BCUT2D eigenvalue weighted by atomic mass is 16.5. The van der Waals surface area contributed by atoms with Crippen LogP contribution in [-0.2, 0) is 24.1 Å². The highest BCUT2D eigenvalue weighted by Crippen LogP contribution is 2.17. The Morgan fingerprint density at radius 1 is 1.00 bits per heavy atom. The molecule has 0 saturated carbocycles. The van der Waals surface area contributed by atoms with E-state index in [1.807, 2.05) is 17.0 Å². The average Bonchev–Trinajstić information content (AvgIpc) is 3.22. The largest absolute Gasteiger partial charge is 0.376 e. The second-order valence-corrected chi connectivity index (χ2v) is 7.17. The van der Waals surface area contributed by atoms with Crippen molar-refractivity contribution in [3.63, 3.8) is 0 Å². The number of urea groups is 1. The fraction of sp³-hybridized carbons (Fsp3) is 0.435. The first-order chi connectivity index (χ1) is 13.2. The highest BCUT2D eigenvalue weighted by Gasteiger charge is 2.23. The predicted octanol–water partition coefficient (Wildman–Crippen LogP) is 5.02. The molecule has 1 fully saturated rings. The van der Waals surface area contributed by atoms with Crippen molar-refractivity contribution < 1.29 is 9.53 Å². The van der Waals surface area contributed by atoms with Gasteiger partial charge >= 0.3 is 6.03 Å². The normalized spacial score (nSPS) is 16.3. The van der Waals surface area contributed by atoms with Crippen LogP contribution >= 0.6 is 0 Å². The van der Waals surface area contributed by atoms with Gasteiger partial charge in [0.05, 0.1) is 6.10 Å². The summed E-state index contributed by atoms with van der Waals surface area (Å²) in [6.07, 6.45) is 4.24. The van der Waals surface area contributed by atoms with Crippen LogP contribution in [0.25, 0.3) is 0 Å². The van der Waals surface area contributed by atoms with Gasteiger partial charge < -0.3 is 15.0 Å². The van der Waals surface area contributed by atoms with Crippen LogP contribution in [0, 0.1) is 0 Å². The Morgan fingerprint density at radius 2 is 1.59 bits per heavy atom. The maximum absolute atomic E-state index is 12.9. The molecule has 1 N–H and O–H groups in total. The van der Waals surface area contributed by atoms with Gasteiger partial charge in [-0.25, -0.2) is 4.79 Å². The molecule has 1 atom stereocenters. The molecule has 144 valence electrons. The molecule has 0 spiro atoms. The van der Waals surface area contributed by atoms with Crippen LogP contribution in [0.4, 0.5) is 10.5 Å². The lowest BCUT2D eigenvalue weighted by atomic mass is 10.1. The van der Waals surface area contributed by atoms with Gasteiger partial charge in [0.15, 0.2) is 0 Å². The minimum absolute atomic E-state index is 0.0747. The number of rotatable bonds is 7. The van der Waals surface area contributed by atoms with E-state index in [0.29, 0.717) is 13.1 Å². The molecule has 0 aliphatic carbocycles. The average molecular weight is 367 g/mol. The van der Waals surface area contributed by atoms with Crippen LogP contribution < -0.4 is 5.32 Å². The number of aryl methyl sites for hydroxylation is 2. The molecule has 1 saturated heterocycles. The molecule has 2 aromatic carbocycles. The number of hydrogen-bond acceptors (Lipinski definition) is 2. The van der Waals surface area contributed by atoms with E-state index in [4.69, 9.17) is 4.74 Å². The van der Waals surface area contributed by atoms with Crippen molar-refractivity contribution in [3.05, 3.63) is 65.2 Å². The third-order valence-corrected chi connectivity index (χ3v) is 5.15. The summed E-state index contributed by atoms with van der Waals surface area (Å²) < 4.78 is 5.77. The number of ether oxygens (including phenoxy) is 1. The molecule has 2 aromatic rings. The van der Waals surface area contributed by atoms with E-state index in [1.165, 1.54) is 11.1 Å². The van der Waals surface area contributed by atoms with Gasteiger partial charge in [0.1, 0.15) is 0 Å². The molecule has 0 radical (unpaired) electrons. The van der Waals surface area contributed by atoms with Crippen molar-refractivity contribution in [2.75, 3.05) is 18.5 Å². The Morgan fingerprint density at radius 3 is 2.15 bits per heavy atom. The maximum atomic E-state index is 12.9. The Balaban J connectivity index is 1.69. The van der Waals surface area contributed by atoms with Gasteiger partial charge in [-0.05, 0) is 54.5 Å². The minimum atomic E-state index is -0.0747. The molecule has 0 aromatic heterocycles. The maximum Gasteiger partial charge on any atom is 0.322 e. The van der Waals surface area contributed by atoms with Crippen molar-refractivity contribution in [1.82, 2.24) is 4.90 Å². The van der Waals surface area contributed by atoms with E-state index in [2.05, 4.69) is 55.6 Å². The first kappa shape index (κ1) is 19.4. The van der Waals surface area contributed by atoms with Crippen LogP contribution in [0.15, 0.2) is 48.5 Å². The quantitative estimate of drug-likeness (QED) is 0.747. The number of anilines is 1. The summed E-state index contributed by atoms with van der Waals surface area (Å²) in [5.41, 5.74) is 4.54. The molecule has 3 rings (SSSR count). The van der Waals surface area contributed by atoms with Gasteiger partial charge in [0.2, 0.25) is 0 Å². The van der Waals surface area contributed by atoms with E-state index in [9.17, 15) is 4.79 Å². The number of amides is 2. The lowest BCUT2D eigenvalue weighted by Crippen LogP contribution is -2.39. The number of nitrogens with one attached hydrogen (secondary N) is 1. The highest BCUT2D eigenvalue weighted by molar-refractivity contribution is 5.89. The predicted molar refractivity (Wildman–Crippen MR) is 110 cm³/mol. The fourth-order valence-corrected chi connectivity index (χ4v) is 3.38. The zero-order chi connectivity index (χ0) is 19.1. The van der Waals surface area contributed by atoms with Crippen molar-refractivity contribution in [3.8, 4) is 0 Å². The molecule has 1 aliphatic heterocycles. The summed E-state index contributed by atoms with van der Waals surface area (Å²) in [7, 11) is 0. The van der Waals surface area contributed by atoms with Crippen LogP contribution in [-0.4, -0.2) is 30.2 Å². The minimum Gasteiger partial charge on any atom is -0.376 e. The van der Waals surface area contributed by atoms with Gasteiger partial charge in [-0.2, -0.15) is 0 Å². The summed E-state index contributed by atoms with van der Waals surface area (Å²) in [4.78, 5) is 14.8. The number of carbonyl (C=O) groups is 1. The zero-order valence-electron chi connectivity index (χ0n) is 16.4. The summed E-state index contributed by atoms with van der Waals surface area (Å²) in [6.45, 7) is 6.28. The first-order valence-corrected chi connectivity index (χ1v) is 10.0. The summed E-state index contributed by atoms with van der Waals surface area (Å²) in [5, 5.41) is 3.04. The topological polar surface area (TPSA) is 41.6 Å². The summed E-state index contributed by atoms with van der Waals surface area (Å²) in [6, 6.07) is 16.5. The van der Waals surface area contributed by atoms with Gasteiger partial charge in [0, 0.05) is 25.4 Å². The smallest absolute Gasteiger partial charge is 0.322 e. The molecule has 4 nitrogen and oxygen atoms in total. The van der Waals surface area contributed by atoms with Crippen molar-refractivity contribution in [1.29, 1.82) is 0 Å². The van der Waals surface area contributed by atoms with Crippen LogP contribution in [0.5, 0.6) is 0 Å². The van der Waals surface area contributed by atoms with Gasteiger partial charge in [-0.3, -0.25) is 0 Å². The number of benzene rings is 2. The second-order valence-electron chi connectivity index (χ2n) is 7.17. The number of carbonyl (C=O) groups excluding carboxylic acids is 1. The van der Waals surface area contributed by atoms with Crippen molar-refractivity contribution in [2.24, 2.45) is 0 Å². The third-order valence-electron chi connectivity index (χ3n) is 5.15. The van der Waals surface area contributed by atoms with Crippen LogP contribution in [0.1, 0.15) is 43.4 Å². The molecule has 1 heterocycles. The molecule has 2 amide bonds. The first-order valence-electron chi connectivity index (χ1n) is 10.0. The molecule has 4 heteroatoms. The van der Waals surface area contributed by atoms with E-state index in [0.717, 1.165) is 43.5 Å². The molecular weight excluding hydrogens is 336 g/mol. The molecule has 27 heavy (non-hydrogen) atoms. The van der Waals surface area contributed by atoms with E-state index < -0.39 is 0 Å². The Hall–Kier alpha value is -2.33. The van der Waals surface area contributed by atoms with Gasteiger partial charge in [0.25, 0.3) is 0 Å². The van der Waals surface area contributed by atoms with Crippen molar-refractivity contribution >= 4 is 11.7 Å². The van der Waals surface area contributed by atoms with Crippen LogP contribution in [0.3, 0.4) is 0 Å². The summed E-state index contributed by atoms with van der Waals surface area (Å²) >= 11 is 0. The van der Waals surface area contributed by atoms with E-state index >= 15 is 0 Å². The van der Waals surface area contributed by atoms with Gasteiger partial charge in [-0.1, -0.05) is 50.2 Å². The van der Waals surface area contributed by atoms with Crippen LogP contribution in [0.2, 0.25) is 0 Å². The second kappa shape index (κ2) is 9.56. The standard InChI is InChI=1S/C23H30N2O2/c1-3-18-7-9-20(10-8-18)16-25(17-22-6-5-15-27-22)23(26)24-21-13-11-19(4-2)12-14-21/h7-14,22H,3-6,15-17H2,1-2H3,(H,24,26)/t22-/m0/s1. The lowest BCUT2D eigenvalue weighted by Gasteiger charge is -2.26. The van der Waals surface area contributed by atoms with E-state index in [1.54, 1.807) is 0 Å². The number of hydrogen-bond donors (Lipinski definition) is 1. The molecule has 0 bridgehead atoms. The lowest BCUT2D eigenvalue weighted by molar-refractivity contribution is 0.0819. The number of nitrogens with zero attached hydrogens (tertiary/aromatic N) is 1. The molecule has 1 aliphatic rings. The molecular formula is C23H30N2O2. The summed E-state index contributed by atoms with van der Waals surface area (Å²) in [5.74, 6) is 0. The Bertz CT molecular complexity index is 719. The molecule has 0 unspecified atom stereocenters. The monoisotopic (exact) mass is 366 g/mol. The SMILES string of the molecule is CCc1ccc(CN(C[C@@H]2CCCO2)C(=O)Nc2ccc(CC)cc2)cc1. The van der Waals surface area contributed by atoms with Crippen molar-refractivity contribution in [2.45, 2.75) is 52.2 Å². The Labute approximate surface area is 162 Å².